The Morgan fingerprint density at radius 3 is 2.94 bits per heavy atom. The number of hydrogen-bond acceptors (Lipinski definition) is 2. The predicted molar refractivity (Wildman–Crippen MR) is 65.3 cm³/mol. The smallest absolute Gasteiger partial charge is 0.137 e. The fraction of sp³-hybridized carbons (Fsp3) is 0.154. The van der Waals surface area contributed by atoms with E-state index >= 15 is 0 Å². The first kappa shape index (κ1) is 9.36. The lowest BCUT2D eigenvalue weighted by Gasteiger charge is -2.04. The summed E-state index contributed by atoms with van der Waals surface area (Å²) in [6, 6.07) is 10.4. The van der Waals surface area contributed by atoms with Crippen LogP contribution in [0.4, 0.5) is 0 Å². The third kappa shape index (κ3) is 1.22. The molecule has 1 aromatic carbocycles. The van der Waals surface area contributed by atoms with Crippen LogP contribution in [0.15, 0.2) is 36.5 Å². The summed E-state index contributed by atoms with van der Waals surface area (Å²) in [6.45, 7) is 2.59. The van der Waals surface area contributed by atoms with Crippen molar-refractivity contribution in [3.63, 3.8) is 0 Å². The Bertz CT molecular complexity index is 667. The zero-order valence-electron chi connectivity index (χ0n) is 9.14. The van der Waals surface area contributed by atoms with Crippen molar-refractivity contribution < 1.29 is 0 Å². The fourth-order valence-corrected chi connectivity index (χ4v) is 2.13. The highest BCUT2D eigenvalue weighted by Crippen LogP contribution is 2.21. The molecule has 0 fully saturated rings. The molecule has 0 radical (unpaired) electrons. The zero-order chi connectivity index (χ0) is 11.1. The molecule has 2 N–H and O–H groups in total. The third-order valence-electron chi connectivity index (χ3n) is 2.93. The van der Waals surface area contributed by atoms with E-state index in [-0.39, 0.29) is 0 Å². The van der Waals surface area contributed by atoms with E-state index in [0.717, 1.165) is 11.3 Å². The molecule has 2 aromatic heterocycles. The molecule has 3 heteroatoms. The number of aryl methyl sites for hydroxylation is 1. The van der Waals surface area contributed by atoms with Crippen molar-refractivity contribution in [2.24, 2.45) is 5.73 Å². The van der Waals surface area contributed by atoms with Crippen LogP contribution in [0.3, 0.4) is 0 Å². The maximum atomic E-state index is 5.62. The van der Waals surface area contributed by atoms with Gasteiger partial charge in [0, 0.05) is 18.1 Å². The molecule has 3 rings (SSSR count). The summed E-state index contributed by atoms with van der Waals surface area (Å²) in [5.74, 6) is 0. The highest BCUT2D eigenvalue weighted by Gasteiger charge is 2.05. The average molecular weight is 211 g/mol. The lowest BCUT2D eigenvalue weighted by atomic mass is 10.1. The van der Waals surface area contributed by atoms with Crippen LogP contribution in [0, 0.1) is 6.92 Å². The summed E-state index contributed by atoms with van der Waals surface area (Å²) in [7, 11) is 0. The van der Waals surface area contributed by atoms with Crippen molar-refractivity contribution in [3.05, 3.63) is 47.8 Å². The van der Waals surface area contributed by atoms with Crippen LogP contribution in [0.1, 0.15) is 11.3 Å². The molecular weight excluding hydrogens is 198 g/mol. The Morgan fingerprint density at radius 2 is 2.12 bits per heavy atom. The van der Waals surface area contributed by atoms with Gasteiger partial charge in [0.1, 0.15) is 5.65 Å². The Hall–Kier alpha value is -1.87. The number of nitrogens with zero attached hydrogens (tertiary/aromatic N) is 2. The minimum absolute atomic E-state index is 0.481. The molecule has 0 amide bonds. The van der Waals surface area contributed by atoms with Crippen molar-refractivity contribution in [2.45, 2.75) is 13.5 Å². The van der Waals surface area contributed by atoms with Crippen molar-refractivity contribution in [1.82, 2.24) is 9.38 Å². The van der Waals surface area contributed by atoms with Gasteiger partial charge in [-0.25, -0.2) is 4.98 Å². The van der Waals surface area contributed by atoms with Gasteiger partial charge in [0.2, 0.25) is 0 Å². The average Bonchev–Trinajstić information content (AvgIpc) is 2.72. The number of pyridine rings is 1. The summed E-state index contributed by atoms with van der Waals surface area (Å²) in [5.41, 5.74) is 9.95. The molecule has 0 saturated heterocycles. The van der Waals surface area contributed by atoms with E-state index < -0.39 is 0 Å². The largest absolute Gasteiger partial charge is 0.325 e. The Kier molecular flexibility index (Phi) is 1.94. The molecule has 0 aliphatic heterocycles. The number of para-hydroxylation sites is 1. The van der Waals surface area contributed by atoms with Gasteiger partial charge in [-0.3, -0.25) is 4.40 Å². The van der Waals surface area contributed by atoms with Gasteiger partial charge in [-0.15, -0.1) is 0 Å². The molecule has 0 aliphatic rings. The molecule has 0 bridgehead atoms. The van der Waals surface area contributed by atoms with Gasteiger partial charge in [-0.05, 0) is 24.6 Å². The predicted octanol–water partition coefficient (Wildman–Crippen LogP) is 2.25. The number of aromatic nitrogens is 2. The van der Waals surface area contributed by atoms with Crippen LogP contribution < -0.4 is 5.73 Å². The summed E-state index contributed by atoms with van der Waals surface area (Å²) >= 11 is 0. The summed E-state index contributed by atoms with van der Waals surface area (Å²) in [4.78, 5) is 4.48. The van der Waals surface area contributed by atoms with Gasteiger partial charge < -0.3 is 5.73 Å². The normalized spacial score (nSPS) is 11.4. The first-order chi connectivity index (χ1) is 7.79. The van der Waals surface area contributed by atoms with Crippen molar-refractivity contribution in [1.29, 1.82) is 0 Å². The number of fused-ring (bicyclic) bond motifs is 3. The Labute approximate surface area is 93.5 Å². The highest BCUT2D eigenvalue weighted by molar-refractivity contribution is 5.85. The number of nitrogens with two attached hydrogens (primary N) is 1. The summed E-state index contributed by atoms with van der Waals surface area (Å²) < 4.78 is 2.10. The second kappa shape index (κ2) is 3.32. The second-order valence-corrected chi connectivity index (χ2v) is 4.01. The first-order valence-corrected chi connectivity index (χ1v) is 5.36. The molecule has 16 heavy (non-hydrogen) atoms. The van der Waals surface area contributed by atoms with Crippen molar-refractivity contribution >= 4 is 16.6 Å². The van der Waals surface area contributed by atoms with Crippen LogP contribution in [-0.4, -0.2) is 9.38 Å². The van der Waals surface area contributed by atoms with E-state index in [0.29, 0.717) is 6.54 Å². The first-order valence-electron chi connectivity index (χ1n) is 5.36. The molecule has 0 atom stereocenters. The Morgan fingerprint density at radius 1 is 1.31 bits per heavy atom. The standard InChI is InChI=1S/C13H13N3/c1-9-6-13-15-10(7-14)8-16(13)12-5-3-2-4-11(9)12/h2-6,8H,7,14H2,1H3. The minimum atomic E-state index is 0.481. The van der Waals surface area contributed by atoms with Crippen LogP contribution >= 0.6 is 0 Å². The van der Waals surface area contributed by atoms with Gasteiger partial charge in [0.05, 0.1) is 11.2 Å². The van der Waals surface area contributed by atoms with E-state index in [1.165, 1.54) is 16.5 Å². The minimum Gasteiger partial charge on any atom is -0.325 e. The third-order valence-corrected chi connectivity index (χ3v) is 2.93. The van der Waals surface area contributed by atoms with Gasteiger partial charge in [-0.1, -0.05) is 18.2 Å². The molecule has 3 aromatic rings. The Balaban J connectivity index is 2.52. The van der Waals surface area contributed by atoms with Crippen LogP contribution in [0.5, 0.6) is 0 Å². The van der Waals surface area contributed by atoms with Crippen LogP contribution in [0.25, 0.3) is 16.6 Å². The molecule has 0 spiro atoms. The molecular formula is C13H13N3. The molecule has 2 heterocycles. The molecule has 0 aliphatic carbocycles. The van der Waals surface area contributed by atoms with Gasteiger partial charge in [-0.2, -0.15) is 0 Å². The van der Waals surface area contributed by atoms with Crippen LogP contribution in [0.2, 0.25) is 0 Å². The zero-order valence-corrected chi connectivity index (χ0v) is 9.14. The number of hydrogen-bond donors (Lipinski definition) is 1. The topological polar surface area (TPSA) is 43.3 Å². The van der Waals surface area contributed by atoms with Gasteiger partial charge in [0.15, 0.2) is 0 Å². The van der Waals surface area contributed by atoms with Gasteiger partial charge >= 0.3 is 0 Å². The van der Waals surface area contributed by atoms with Crippen LogP contribution in [-0.2, 0) is 6.54 Å². The lowest BCUT2D eigenvalue weighted by Crippen LogP contribution is -1.95. The molecule has 80 valence electrons. The van der Waals surface area contributed by atoms with E-state index in [1.807, 2.05) is 12.3 Å². The SMILES string of the molecule is Cc1cc2nc(CN)cn2c2ccccc12. The van der Waals surface area contributed by atoms with E-state index in [2.05, 4.69) is 40.6 Å². The quantitative estimate of drug-likeness (QED) is 0.671. The summed E-state index contributed by atoms with van der Waals surface area (Å²) in [5, 5.41) is 1.26. The lowest BCUT2D eigenvalue weighted by molar-refractivity contribution is 1.02. The number of benzene rings is 1. The molecule has 3 nitrogen and oxygen atoms in total. The highest BCUT2D eigenvalue weighted by atomic mass is 15.0. The second-order valence-electron chi connectivity index (χ2n) is 4.01. The fourth-order valence-electron chi connectivity index (χ4n) is 2.13. The number of rotatable bonds is 1. The maximum absolute atomic E-state index is 5.62. The van der Waals surface area contributed by atoms with E-state index in [4.69, 9.17) is 5.73 Å². The monoisotopic (exact) mass is 211 g/mol. The van der Waals surface area contributed by atoms with Crippen molar-refractivity contribution in [3.8, 4) is 0 Å². The van der Waals surface area contributed by atoms with E-state index in [9.17, 15) is 0 Å². The van der Waals surface area contributed by atoms with E-state index in [1.54, 1.807) is 0 Å². The number of imidazole rings is 1. The summed E-state index contributed by atoms with van der Waals surface area (Å²) in [6.07, 6.45) is 2.01. The maximum Gasteiger partial charge on any atom is 0.137 e. The molecule has 0 saturated carbocycles. The molecule has 0 unspecified atom stereocenters. The van der Waals surface area contributed by atoms with Crippen molar-refractivity contribution in [2.75, 3.05) is 0 Å². The van der Waals surface area contributed by atoms with Gasteiger partial charge in [0.25, 0.3) is 0 Å².